The van der Waals surface area contributed by atoms with Crippen LogP contribution in [0.3, 0.4) is 0 Å². The average molecular weight is 362 g/mol. The number of hydrogen-bond acceptors (Lipinski definition) is 4. The monoisotopic (exact) mass is 361 g/mol. The van der Waals surface area contributed by atoms with E-state index in [1.165, 1.54) is 0 Å². The number of nitrogens with zero attached hydrogens (tertiary/aromatic N) is 2. The van der Waals surface area contributed by atoms with Crippen LogP contribution >= 0.6 is 23.2 Å². The lowest BCUT2D eigenvalue weighted by molar-refractivity contribution is -0.113. The average Bonchev–Trinajstić information content (AvgIpc) is 3.20. The van der Waals surface area contributed by atoms with Gasteiger partial charge in [-0.25, -0.2) is 0 Å². The van der Waals surface area contributed by atoms with Gasteiger partial charge in [0, 0.05) is 23.7 Å². The zero-order valence-corrected chi connectivity index (χ0v) is 14.0. The quantitative estimate of drug-likeness (QED) is 0.904. The summed E-state index contributed by atoms with van der Waals surface area (Å²) in [5.41, 5.74) is 2.72. The molecule has 0 radical (unpaired) electrons. The summed E-state index contributed by atoms with van der Waals surface area (Å²) in [6.07, 6.45) is 6.30. The first-order chi connectivity index (χ1) is 11.6. The van der Waals surface area contributed by atoms with Crippen LogP contribution in [0.2, 0.25) is 10.0 Å². The molecule has 1 amide bonds. The number of rotatable bonds is 3. The van der Waals surface area contributed by atoms with Crippen molar-refractivity contribution in [1.82, 2.24) is 9.97 Å². The highest BCUT2D eigenvalue weighted by molar-refractivity contribution is 6.42. The fraction of sp³-hybridized carbons (Fsp3) is 0.235. The summed E-state index contributed by atoms with van der Waals surface area (Å²) in [6, 6.07) is 4.98. The summed E-state index contributed by atoms with van der Waals surface area (Å²) >= 11 is 11.9. The zero-order valence-electron chi connectivity index (χ0n) is 12.5. The van der Waals surface area contributed by atoms with Crippen LogP contribution in [-0.2, 0) is 9.53 Å². The number of benzene rings is 1. The zero-order chi connectivity index (χ0) is 16.7. The number of nitrogens with one attached hydrogen (secondary N) is 1. The summed E-state index contributed by atoms with van der Waals surface area (Å²) in [5.74, 6) is -0.207. The Kier molecular flexibility index (Phi) is 4.00. The van der Waals surface area contributed by atoms with E-state index in [9.17, 15) is 4.79 Å². The van der Waals surface area contributed by atoms with Crippen molar-refractivity contribution >= 4 is 40.4 Å². The molecule has 1 N–H and O–H groups in total. The van der Waals surface area contributed by atoms with Crippen LogP contribution in [0.4, 0.5) is 5.69 Å². The van der Waals surface area contributed by atoms with E-state index in [1.54, 1.807) is 36.8 Å². The van der Waals surface area contributed by atoms with Crippen molar-refractivity contribution < 1.29 is 9.53 Å². The third kappa shape index (κ3) is 2.69. The Bertz CT molecular complexity index is 839. The maximum absolute atomic E-state index is 12.8. The van der Waals surface area contributed by atoms with E-state index in [1.807, 2.05) is 0 Å². The maximum Gasteiger partial charge on any atom is 0.254 e. The Morgan fingerprint density at radius 1 is 1.17 bits per heavy atom. The van der Waals surface area contributed by atoms with Gasteiger partial charge in [-0.1, -0.05) is 23.2 Å². The molecule has 2 unspecified atom stereocenters. The molecular weight excluding hydrogens is 349 g/mol. The number of ether oxygens (including phenoxy) is 1. The molecule has 1 aromatic carbocycles. The maximum atomic E-state index is 12.8. The molecule has 2 aliphatic heterocycles. The third-order valence-electron chi connectivity index (χ3n) is 4.21. The van der Waals surface area contributed by atoms with Crippen LogP contribution in [0.1, 0.15) is 18.5 Å². The normalized spacial score (nSPS) is 22.1. The van der Waals surface area contributed by atoms with Gasteiger partial charge in [-0.3, -0.25) is 14.8 Å². The summed E-state index contributed by atoms with van der Waals surface area (Å²) in [4.78, 5) is 21.2. The Labute approximate surface area is 148 Å². The predicted octanol–water partition coefficient (Wildman–Crippen LogP) is 3.74. The first-order valence-corrected chi connectivity index (χ1v) is 8.31. The van der Waals surface area contributed by atoms with Crippen molar-refractivity contribution in [2.75, 3.05) is 5.32 Å². The van der Waals surface area contributed by atoms with Gasteiger partial charge in [0.15, 0.2) is 0 Å². The van der Waals surface area contributed by atoms with Crippen molar-refractivity contribution in [3.63, 3.8) is 0 Å². The first-order valence-electron chi connectivity index (χ1n) is 7.56. The molecule has 1 fully saturated rings. The van der Waals surface area contributed by atoms with Gasteiger partial charge in [0.2, 0.25) is 0 Å². The Morgan fingerprint density at radius 3 is 2.75 bits per heavy atom. The fourth-order valence-corrected chi connectivity index (χ4v) is 3.49. The molecule has 0 saturated carbocycles. The highest BCUT2D eigenvalue weighted by Crippen LogP contribution is 2.43. The van der Waals surface area contributed by atoms with Gasteiger partial charge in [-0.15, -0.1) is 0 Å². The molecule has 2 atom stereocenters. The summed E-state index contributed by atoms with van der Waals surface area (Å²) in [6.45, 7) is 0. The van der Waals surface area contributed by atoms with Crippen LogP contribution in [0.25, 0.3) is 5.57 Å². The van der Waals surface area contributed by atoms with Crippen LogP contribution in [0.15, 0.2) is 42.4 Å². The summed E-state index contributed by atoms with van der Waals surface area (Å²) in [7, 11) is 0. The molecule has 3 heterocycles. The molecule has 2 aliphatic rings. The Morgan fingerprint density at radius 2 is 2.00 bits per heavy atom. The van der Waals surface area contributed by atoms with Crippen molar-refractivity contribution in [1.29, 1.82) is 0 Å². The number of hydrogen-bond donors (Lipinski definition) is 1. The van der Waals surface area contributed by atoms with E-state index in [-0.39, 0.29) is 18.1 Å². The summed E-state index contributed by atoms with van der Waals surface area (Å²) in [5, 5.41) is 3.70. The largest absolute Gasteiger partial charge is 0.365 e. The molecule has 0 spiro atoms. The topological polar surface area (TPSA) is 64.1 Å². The number of carbonyl (C=O) groups excluding carboxylic acids is 1. The van der Waals surface area contributed by atoms with Crippen LogP contribution in [0.5, 0.6) is 0 Å². The second-order valence-corrected chi connectivity index (χ2v) is 6.51. The second kappa shape index (κ2) is 6.16. The molecule has 7 heteroatoms. The van der Waals surface area contributed by atoms with E-state index in [4.69, 9.17) is 27.9 Å². The number of anilines is 1. The summed E-state index contributed by atoms with van der Waals surface area (Å²) < 4.78 is 5.90. The molecule has 5 nitrogen and oxygen atoms in total. The molecule has 122 valence electrons. The van der Waals surface area contributed by atoms with Gasteiger partial charge in [0.1, 0.15) is 0 Å². The smallest absolute Gasteiger partial charge is 0.254 e. The van der Waals surface area contributed by atoms with E-state index >= 15 is 0 Å². The Balaban J connectivity index is 1.68. The van der Waals surface area contributed by atoms with Crippen LogP contribution < -0.4 is 5.32 Å². The van der Waals surface area contributed by atoms with Gasteiger partial charge < -0.3 is 10.1 Å². The van der Waals surface area contributed by atoms with Gasteiger partial charge in [-0.2, -0.15) is 0 Å². The van der Waals surface area contributed by atoms with Crippen molar-refractivity contribution in [2.24, 2.45) is 0 Å². The molecule has 1 saturated heterocycles. The first kappa shape index (κ1) is 15.6. The van der Waals surface area contributed by atoms with Crippen LogP contribution in [-0.4, -0.2) is 28.1 Å². The highest BCUT2D eigenvalue weighted by Gasteiger charge is 2.44. The van der Waals surface area contributed by atoms with Gasteiger partial charge >= 0.3 is 0 Å². The van der Waals surface area contributed by atoms with E-state index < -0.39 is 0 Å². The Hall–Kier alpha value is -1.95. The fourth-order valence-electron chi connectivity index (χ4n) is 3.19. The number of aromatic nitrogens is 2. The molecule has 0 aliphatic carbocycles. The lowest BCUT2D eigenvalue weighted by Crippen LogP contribution is -2.23. The predicted molar refractivity (Wildman–Crippen MR) is 91.9 cm³/mol. The molecule has 24 heavy (non-hydrogen) atoms. The number of amides is 1. The second-order valence-electron chi connectivity index (χ2n) is 5.69. The standard InChI is InChI=1S/C17H13Cl2N3O2/c18-10-2-1-9(7-11(10)19)22-17(23)16-14-4-3-13(24-14)15(16)12-8-20-5-6-21-12/h1-2,5-8,13-14H,3-4H2,(H,22,23). The van der Waals surface area contributed by atoms with Gasteiger partial charge in [-0.05, 0) is 31.0 Å². The number of fused-ring (bicyclic) bond motifs is 2. The van der Waals surface area contributed by atoms with E-state index in [0.29, 0.717) is 27.0 Å². The van der Waals surface area contributed by atoms with Crippen molar-refractivity contribution in [3.8, 4) is 0 Å². The highest BCUT2D eigenvalue weighted by atomic mass is 35.5. The minimum atomic E-state index is -0.207. The molecular formula is C17H13Cl2N3O2. The van der Waals surface area contributed by atoms with Gasteiger partial charge in [0.05, 0.1) is 39.7 Å². The minimum Gasteiger partial charge on any atom is -0.365 e. The minimum absolute atomic E-state index is 0.0961. The van der Waals surface area contributed by atoms with Crippen LogP contribution in [0, 0.1) is 0 Å². The SMILES string of the molecule is O=C(Nc1ccc(Cl)c(Cl)c1)C1=C(c2cnccn2)C2CCC1O2. The van der Waals surface area contributed by atoms with Gasteiger partial charge in [0.25, 0.3) is 5.91 Å². The molecule has 1 aromatic heterocycles. The third-order valence-corrected chi connectivity index (χ3v) is 4.95. The number of halogens is 2. The van der Waals surface area contributed by atoms with Crippen molar-refractivity contribution in [3.05, 3.63) is 58.1 Å². The number of carbonyl (C=O) groups is 1. The molecule has 2 bridgehead atoms. The van der Waals surface area contributed by atoms with E-state index in [2.05, 4.69) is 15.3 Å². The molecule has 4 rings (SSSR count). The lowest BCUT2D eigenvalue weighted by Gasteiger charge is -2.16. The lowest BCUT2D eigenvalue weighted by atomic mass is 9.89. The van der Waals surface area contributed by atoms with E-state index in [0.717, 1.165) is 18.4 Å². The van der Waals surface area contributed by atoms with Crippen molar-refractivity contribution in [2.45, 2.75) is 25.0 Å². The molecule has 2 aromatic rings.